The van der Waals surface area contributed by atoms with E-state index in [9.17, 15) is 4.55 Å². The summed E-state index contributed by atoms with van der Waals surface area (Å²) in [5.41, 5.74) is 0. The molecule has 0 aliphatic rings. The summed E-state index contributed by atoms with van der Waals surface area (Å²) >= 11 is -0.865. The molecule has 0 aromatic heterocycles. The van der Waals surface area contributed by atoms with Gasteiger partial charge in [-0.2, -0.15) is 0 Å². The number of hydrogen-bond acceptors (Lipinski definition) is 2. The fourth-order valence-corrected chi connectivity index (χ4v) is 2.36. The van der Waals surface area contributed by atoms with E-state index in [-0.39, 0.29) is 5.25 Å². The molecule has 2 atom stereocenters. The van der Waals surface area contributed by atoms with Crippen LogP contribution in [0.4, 0.5) is 0 Å². The zero-order chi connectivity index (χ0) is 9.72. The summed E-state index contributed by atoms with van der Waals surface area (Å²) in [6.07, 6.45) is 1.02. The molecule has 1 N–H and O–H groups in total. The highest BCUT2D eigenvalue weighted by atomic mass is 32.2. The topological polar surface area (TPSA) is 35.1 Å². The van der Waals surface area contributed by atoms with Crippen molar-refractivity contribution in [3.8, 4) is 0 Å². The molecule has 0 spiro atoms. The van der Waals surface area contributed by atoms with Crippen LogP contribution in [0, 0.1) is 5.92 Å². The van der Waals surface area contributed by atoms with E-state index in [0.29, 0.717) is 12.0 Å². The fraction of sp³-hybridized carbons (Fsp3) is 1.00. The highest BCUT2D eigenvalue weighted by molar-refractivity contribution is 7.90. The van der Waals surface area contributed by atoms with Crippen molar-refractivity contribution in [1.82, 2.24) is 4.72 Å². The molecule has 0 rings (SSSR count). The number of rotatable bonds is 5. The van der Waals surface area contributed by atoms with Gasteiger partial charge in [0.25, 0.3) is 0 Å². The third-order valence-corrected chi connectivity index (χ3v) is 3.15. The van der Waals surface area contributed by atoms with Gasteiger partial charge < -0.3 is 4.55 Å². The Morgan fingerprint density at radius 1 is 1.17 bits per heavy atom. The lowest BCUT2D eigenvalue weighted by molar-refractivity contribution is 0.520. The Morgan fingerprint density at radius 3 is 2.00 bits per heavy atom. The van der Waals surface area contributed by atoms with Crippen LogP contribution < -0.4 is 4.72 Å². The molecule has 2 unspecified atom stereocenters. The summed E-state index contributed by atoms with van der Waals surface area (Å²) in [4.78, 5) is 0. The van der Waals surface area contributed by atoms with Crippen LogP contribution in [0.5, 0.6) is 0 Å². The van der Waals surface area contributed by atoms with Crippen molar-refractivity contribution in [3.63, 3.8) is 0 Å². The van der Waals surface area contributed by atoms with Gasteiger partial charge in [0.2, 0.25) is 0 Å². The summed E-state index contributed by atoms with van der Waals surface area (Å²) in [7, 11) is 0. The summed E-state index contributed by atoms with van der Waals surface area (Å²) in [6, 6.07) is 0.306. The second kappa shape index (κ2) is 5.84. The van der Waals surface area contributed by atoms with Gasteiger partial charge in [-0.15, -0.1) is 4.72 Å². The molecular weight excluding hydrogens is 170 g/mol. The third kappa shape index (κ3) is 5.86. The largest absolute Gasteiger partial charge is 0.598 e. The minimum absolute atomic E-state index is 0.257. The van der Waals surface area contributed by atoms with E-state index in [2.05, 4.69) is 18.6 Å². The zero-order valence-corrected chi connectivity index (χ0v) is 9.57. The summed E-state index contributed by atoms with van der Waals surface area (Å²) < 4.78 is 14.5. The van der Waals surface area contributed by atoms with Crippen molar-refractivity contribution in [2.24, 2.45) is 5.92 Å². The van der Waals surface area contributed by atoms with Gasteiger partial charge in [0.15, 0.2) is 0 Å². The van der Waals surface area contributed by atoms with E-state index in [1.54, 1.807) is 0 Å². The van der Waals surface area contributed by atoms with Gasteiger partial charge in [0.1, 0.15) is 5.25 Å². The van der Waals surface area contributed by atoms with Gasteiger partial charge in [0.05, 0.1) is 0 Å². The zero-order valence-electron chi connectivity index (χ0n) is 8.76. The lowest BCUT2D eigenvalue weighted by Gasteiger charge is -2.20. The minimum Gasteiger partial charge on any atom is -0.598 e. The molecule has 12 heavy (non-hydrogen) atoms. The average Bonchev–Trinajstić information content (AvgIpc) is 1.84. The predicted octanol–water partition coefficient (Wildman–Crippen LogP) is 2.08. The predicted molar refractivity (Wildman–Crippen MR) is 55.3 cm³/mol. The third-order valence-electron chi connectivity index (χ3n) is 1.52. The van der Waals surface area contributed by atoms with Crippen LogP contribution in [0.3, 0.4) is 0 Å². The van der Waals surface area contributed by atoms with Crippen molar-refractivity contribution >= 4 is 11.4 Å². The van der Waals surface area contributed by atoms with Crippen LogP contribution in [-0.2, 0) is 11.4 Å². The maximum Gasteiger partial charge on any atom is 0.132 e. The Morgan fingerprint density at radius 2 is 1.67 bits per heavy atom. The quantitative estimate of drug-likeness (QED) is 0.675. The van der Waals surface area contributed by atoms with E-state index in [4.69, 9.17) is 0 Å². The van der Waals surface area contributed by atoms with Crippen molar-refractivity contribution in [3.05, 3.63) is 0 Å². The highest BCUT2D eigenvalue weighted by Crippen LogP contribution is 2.11. The summed E-state index contributed by atoms with van der Waals surface area (Å²) in [5, 5.41) is 0.257. The second-order valence-corrected chi connectivity index (χ2v) is 5.65. The Balaban J connectivity index is 3.68. The molecular formula is C9H21NOS. The SMILES string of the molecule is CC(C)CC(C)[S+]([O-])NC(C)C. The Bertz CT molecular complexity index is 103. The standard InChI is InChI=1S/C9H21NOS/c1-7(2)6-9(5)12(11)10-8(3)4/h7-10H,6H2,1-5H3. The fourth-order valence-electron chi connectivity index (χ4n) is 1.10. The Hall–Kier alpha value is 0.270. The summed E-state index contributed by atoms with van der Waals surface area (Å²) in [5.74, 6) is 0.623. The second-order valence-electron chi connectivity index (χ2n) is 4.01. The maximum absolute atomic E-state index is 11.5. The molecule has 0 heterocycles. The van der Waals surface area contributed by atoms with Crippen LogP contribution in [0.2, 0.25) is 0 Å². The Labute approximate surface area is 79.4 Å². The lowest BCUT2D eigenvalue weighted by atomic mass is 10.1. The first kappa shape index (κ1) is 12.3. The van der Waals surface area contributed by atoms with E-state index >= 15 is 0 Å². The molecule has 0 aromatic carbocycles. The van der Waals surface area contributed by atoms with Gasteiger partial charge >= 0.3 is 0 Å². The molecule has 3 heteroatoms. The molecule has 0 saturated heterocycles. The molecule has 0 radical (unpaired) electrons. The van der Waals surface area contributed by atoms with Gasteiger partial charge in [-0.1, -0.05) is 13.8 Å². The minimum atomic E-state index is -0.865. The first-order valence-corrected chi connectivity index (χ1v) is 5.81. The number of hydrogen-bond donors (Lipinski definition) is 1. The van der Waals surface area contributed by atoms with Crippen molar-refractivity contribution in [2.45, 2.75) is 52.3 Å². The van der Waals surface area contributed by atoms with E-state index in [1.165, 1.54) is 0 Å². The lowest BCUT2D eigenvalue weighted by Crippen LogP contribution is -2.37. The molecule has 0 aromatic rings. The molecule has 0 aliphatic heterocycles. The van der Waals surface area contributed by atoms with Crippen LogP contribution >= 0.6 is 0 Å². The van der Waals surface area contributed by atoms with Crippen molar-refractivity contribution < 1.29 is 4.55 Å². The van der Waals surface area contributed by atoms with Crippen LogP contribution in [0.25, 0.3) is 0 Å². The average molecular weight is 191 g/mol. The van der Waals surface area contributed by atoms with Crippen molar-refractivity contribution in [1.29, 1.82) is 0 Å². The molecule has 74 valence electrons. The molecule has 2 nitrogen and oxygen atoms in total. The van der Waals surface area contributed by atoms with Crippen molar-refractivity contribution in [2.75, 3.05) is 0 Å². The maximum atomic E-state index is 11.5. The monoisotopic (exact) mass is 191 g/mol. The normalized spacial score (nSPS) is 17.0. The Kier molecular flexibility index (Phi) is 5.97. The molecule has 0 bridgehead atoms. The number of nitrogens with one attached hydrogen (secondary N) is 1. The summed E-state index contributed by atoms with van der Waals surface area (Å²) in [6.45, 7) is 10.4. The van der Waals surface area contributed by atoms with Gasteiger partial charge in [-0.3, -0.25) is 0 Å². The molecule has 0 fully saturated rings. The smallest absolute Gasteiger partial charge is 0.132 e. The van der Waals surface area contributed by atoms with Gasteiger partial charge in [-0.05, 0) is 33.1 Å². The van der Waals surface area contributed by atoms with Gasteiger partial charge in [-0.25, -0.2) is 0 Å². The van der Waals surface area contributed by atoms with Crippen LogP contribution in [-0.4, -0.2) is 15.8 Å². The molecule has 0 amide bonds. The first-order valence-electron chi connectivity index (χ1n) is 4.60. The van der Waals surface area contributed by atoms with Crippen LogP contribution in [0.1, 0.15) is 41.0 Å². The molecule has 0 aliphatic carbocycles. The highest BCUT2D eigenvalue weighted by Gasteiger charge is 2.19. The van der Waals surface area contributed by atoms with Crippen LogP contribution in [0.15, 0.2) is 0 Å². The van der Waals surface area contributed by atoms with E-state index < -0.39 is 11.4 Å². The van der Waals surface area contributed by atoms with E-state index in [0.717, 1.165) is 6.42 Å². The molecule has 0 saturated carbocycles. The van der Waals surface area contributed by atoms with Gasteiger partial charge in [0, 0.05) is 17.4 Å². The van der Waals surface area contributed by atoms with E-state index in [1.807, 2.05) is 20.8 Å². The first-order chi connectivity index (χ1) is 5.43.